The summed E-state index contributed by atoms with van der Waals surface area (Å²) in [5.74, 6) is 0.0144. The number of amides is 1. The van der Waals surface area contributed by atoms with Crippen LogP contribution in [0.15, 0.2) is 57.8 Å². The standard InChI is InChI=1S/C22H24N4O5S/c1-15-8-10-19(11-9-15)32(28,29)26-12-4-6-17(14-26)20(27)23-22-25-24-21(31-22)16-5-3-7-18(13-16)30-2/h3,5,7-11,13,17H,4,6,12,14H2,1-2H3,(H,23,25,27). The Morgan fingerprint density at radius 2 is 1.97 bits per heavy atom. The molecule has 0 radical (unpaired) electrons. The number of rotatable bonds is 6. The van der Waals surface area contributed by atoms with Gasteiger partial charge in [-0.1, -0.05) is 28.9 Å². The molecule has 1 atom stereocenters. The molecule has 10 heteroatoms. The predicted molar refractivity (Wildman–Crippen MR) is 118 cm³/mol. The first-order valence-electron chi connectivity index (χ1n) is 10.2. The zero-order chi connectivity index (χ0) is 22.7. The molecule has 1 N–H and O–H groups in total. The molecule has 2 aromatic carbocycles. The maximum absolute atomic E-state index is 13.0. The van der Waals surface area contributed by atoms with Crippen LogP contribution in [-0.2, 0) is 14.8 Å². The third-order valence-corrected chi connectivity index (χ3v) is 7.26. The van der Waals surface area contributed by atoms with Crippen molar-refractivity contribution in [2.75, 3.05) is 25.5 Å². The Morgan fingerprint density at radius 3 is 2.72 bits per heavy atom. The smallest absolute Gasteiger partial charge is 0.322 e. The Labute approximate surface area is 186 Å². The minimum absolute atomic E-state index is 0.0358. The van der Waals surface area contributed by atoms with Crippen molar-refractivity contribution in [1.82, 2.24) is 14.5 Å². The number of ether oxygens (including phenoxy) is 1. The molecule has 1 fully saturated rings. The van der Waals surface area contributed by atoms with Crippen molar-refractivity contribution < 1.29 is 22.4 Å². The number of nitrogens with one attached hydrogen (secondary N) is 1. The highest BCUT2D eigenvalue weighted by atomic mass is 32.2. The van der Waals surface area contributed by atoms with Gasteiger partial charge in [-0.15, -0.1) is 5.10 Å². The van der Waals surface area contributed by atoms with Gasteiger partial charge < -0.3 is 9.15 Å². The number of benzene rings is 2. The summed E-state index contributed by atoms with van der Waals surface area (Å²) in [5.41, 5.74) is 1.64. The van der Waals surface area contributed by atoms with Crippen LogP contribution in [0, 0.1) is 12.8 Å². The molecule has 1 aliphatic heterocycles. The lowest BCUT2D eigenvalue weighted by Gasteiger charge is -2.30. The van der Waals surface area contributed by atoms with E-state index in [1.54, 1.807) is 55.6 Å². The van der Waals surface area contributed by atoms with Crippen LogP contribution >= 0.6 is 0 Å². The molecule has 3 aromatic rings. The third kappa shape index (κ3) is 4.66. The molecule has 1 unspecified atom stereocenters. The summed E-state index contributed by atoms with van der Waals surface area (Å²) in [6.07, 6.45) is 1.16. The normalized spacial score (nSPS) is 17.1. The van der Waals surface area contributed by atoms with Crippen LogP contribution in [0.1, 0.15) is 18.4 Å². The van der Waals surface area contributed by atoms with E-state index in [0.29, 0.717) is 30.7 Å². The second-order valence-corrected chi connectivity index (χ2v) is 9.59. The van der Waals surface area contributed by atoms with Gasteiger partial charge in [0.05, 0.1) is 17.9 Å². The predicted octanol–water partition coefficient (Wildman–Crippen LogP) is 3.09. The Kier molecular flexibility index (Phi) is 6.24. The average molecular weight is 457 g/mol. The molecular formula is C22H24N4O5S. The van der Waals surface area contributed by atoms with Crippen molar-refractivity contribution >= 4 is 21.9 Å². The lowest BCUT2D eigenvalue weighted by Crippen LogP contribution is -2.43. The third-order valence-electron chi connectivity index (χ3n) is 5.39. The molecule has 0 aliphatic carbocycles. The molecule has 1 amide bonds. The number of sulfonamides is 1. The van der Waals surface area contributed by atoms with Crippen LogP contribution in [0.25, 0.3) is 11.5 Å². The summed E-state index contributed by atoms with van der Waals surface area (Å²) in [7, 11) is -2.11. The van der Waals surface area contributed by atoms with Crippen molar-refractivity contribution in [1.29, 1.82) is 0 Å². The minimum Gasteiger partial charge on any atom is -0.497 e. The summed E-state index contributed by atoms with van der Waals surface area (Å²) in [5, 5.41) is 10.5. The lowest BCUT2D eigenvalue weighted by molar-refractivity contribution is -0.121. The number of nitrogens with zero attached hydrogens (tertiary/aromatic N) is 3. The highest BCUT2D eigenvalue weighted by Gasteiger charge is 2.33. The molecule has 32 heavy (non-hydrogen) atoms. The van der Waals surface area contributed by atoms with E-state index in [1.807, 2.05) is 6.92 Å². The van der Waals surface area contributed by atoms with Crippen molar-refractivity contribution in [3.8, 4) is 17.2 Å². The van der Waals surface area contributed by atoms with E-state index in [1.165, 1.54) is 4.31 Å². The molecule has 0 spiro atoms. The molecule has 1 saturated heterocycles. The van der Waals surface area contributed by atoms with Crippen LogP contribution in [0.5, 0.6) is 5.75 Å². The Morgan fingerprint density at radius 1 is 1.19 bits per heavy atom. The largest absolute Gasteiger partial charge is 0.497 e. The monoisotopic (exact) mass is 456 g/mol. The summed E-state index contributed by atoms with van der Waals surface area (Å²) in [6.45, 7) is 2.37. The van der Waals surface area contributed by atoms with E-state index >= 15 is 0 Å². The Bertz CT molecular complexity index is 1210. The van der Waals surface area contributed by atoms with Gasteiger partial charge in [-0.2, -0.15) is 4.31 Å². The van der Waals surface area contributed by atoms with Crippen molar-refractivity contribution in [3.63, 3.8) is 0 Å². The Balaban J connectivity index is 1.44. The molecule has 0 saturated carbocycles. The van der Waals surface area contributed by atoms with E-state index in [2.05, 4.69) is 15.5 Å². The fraction of sp³-hybridized carbons (Fsp3) is 0.318. The average Bonchev–Trinajstić information content (AvgIpc) is 3.28. The lowest BCUT2D eigenvalue weighted by atomic mass is 9.99. The second-order valence-electron chi connectivity index (χ2n) is 7.65. The highest BCUT2D eigenvalue weighted by molar-refractivity contribution is 7.89. The van der Waals surface area contributed by atoms with E-state index in [0.717, 1.165) is 5.56 Å². The molecule has 0 bridgehead atoms. The number of aryl methyl sites for hydroxylation is 1. The first-order valence-corrected chi connectivity index (χ1v) is 11.7. The minimum atomic E-state index is -3.67. The fourth-order valence-electron chi connectivity index (χ4n) is 3.59. The summed E-state index contributed by atoms with van der Waals surface area (Å²) >= 11 is 0. The van der Waals surface area contributed by atoms with Crippen LogP contribution in [0.2, 0.25) is 0 Å². The molecule has 168 valence electrons. The van der Waals surface area contributed by atoms with Crippen LogP contribution < -0.4 is 10.1 Å². The molecule has 1 aliphatic rings. The number of carbonyl (C=O) groups excluding carboxylic acids is 1. The number of anilines is 1. The number of piperidine rings is 1. The van der Waals surface area contributed by atoms with Crippen molar-refractivity contribution in [2.45, 2.75) is 24.7 Å². The van der Waals surface area contributed by atoms with Crippen molar-refractivity contribution in [3.05, 3.63) is 54.1 Å². The van der Waals surface area contributed by atoms with Crippen LogP contribution in [-0.4, -0.2) is 49.0 Å². The zero-order valence-corrected chi connectivity index (χ0v) is 18.6. The Hall–Kier alpha value is -3.24. The quantitative estimate of drug-likeness (QED) is 0.606. The van der Waals surface area contributed by atoms with Crippen molar-refractivity contribution in [2.24, 2.45) is 5.92 Å². The van der Waals surface area contributed by atoms with Crippen LogP contribution in [0.3, 0.4) is 0 Å². The highest BCUT2D eigenvalue weighted by Crippen LogP contribution is 2.26. The van der Waals surface area contributed by atoms with E-state index in [-0.39, 0.29) is 29.3 Å². The molecular weight excluding hydrogens is 432 g/mol. The van der Waals surface area contributed by atoms with Gasteiger partial charge in [0.1, 0.15) is 5.75 Å². The maximum Gasteiger partial charge on any atom is 0.322 e. The summed E-state index contributed by atoms with van der Waals surface area (Å²) in [6, 6.07) is 13.8. The molecule has 1 aromatic heterocycles. The number of aromatic nitrogens is 2. The van der Waals surface area contributed by atoms with Gasteiger partial charge in [0.25, 0.3) is 0 Å². The molecule has 9 nitrogen and oxygen atoms in total. The van der Waals surface area contributed by atoms with E-state index in [4.69, 9.17) is 9.15 Å². The second kappa shape index (κ2) is 9.09. The van der Waals surface area contributed by atoms with E-state index in [9.17, 15) is 13.2 Å². The molecule has 4 rings (SSSR count). The number of methoxy groups -OCH3 is 1. The fourth-order valence-corrected chi connectivity index (χ4v) is 5.11. The van der Waals surface area contributed by atoms with Gasteiger partial charge in [0, 0.05) is 18.7 Å². The number of hydrogen-bond acceptors (Lipinski definition) is 7. The van der Waals surface area contributed by atoms with Gasteiger partial charge in [-0.05, 0) is 50.1 Å². The topological polar surface area (TPSA) is 115 Å². The maximum atomic E-state index is 13.0. The van der Waals surface area contributed by atoms with Gasteiger partial charge in [-0.25, -0.2) is 8.42 Å². The number of hydrogen-bond donors (Lipinski definition) is 1. The van der Waals surface area contributed by atoms with Gasteiger partial charge in [0.15, 0.2) is 0 Å². The molecule has 2 heterocycles. The zero-order valence-electron chi connectivity index (χ0n) is 17.8. The first-order chi connectivity index (χ1) is 15.4. The van der Waals surface area contributed by atoms with Crippen LogP contribution in [0.4, 0.5) is 6.01 Å². The van der Waals surface area contributed by atoms with Gasteiger partial charge >= 0.3 is 6.01 Å². The first kappa shape index (κ1) is 22.0. The summed E-state index contributed by atoms with van der Waals surface area (Å²) in [4.78, 5) is 13.0. The summed E-state index contributed by atoms with van der Waals surface area (Å²) < 4.78 is 38.1. The SMILES string of the molecule is COc1cccc(-c2nnc(NC(=O)C3CCCN(S(=O)(=O)c4ccc(C)cc4)C3)o2)c1. The van der Waals surface area contributed by atoms with Gasteiger partial charge in [-0.3, -0.25) is 10.1 Å². The van der Waals surface area contributed by atoms with E-state index < -0.39 is 15.9 Å². The van der Waals surface area contributed by atoms with Gasteiger partial charge in [0.2, 0.25) is 21.8 Å². The number of carbonyl (C=O) groups is 1.